The van der Waals surface area contributed by atoms with Gasteiger partial charge in [0.2, 0.25) is 0 Å². The molecule has 21 heavy (non-hydrogen) atoms. The number of carbonyl (C=O) groups excluding carboxylic acids is 1. The molecule has 0 aromatic heterocycles. The lowest BCUT2D eigenvalue weighted by Crippen LogP contribution is -2.41. The van der Waals surface area contributed by atoms with Gasteiger partial charge in [-0.1, -0.05) is 13.8 Å². The van der Waals surface area contributed by atoms with Crippen molar-refractivity contribution in [3.05, 3.63) is 23.3 Å². The Balaban J connectivity index is 2.96. The van der Waals surface area contributed by atoms with E-state index in [9.17, 15) is 4.79 Å². The number of amides is 1. The zero-order chi connectivity index (χ0) is 16.0. The van der Waals surface area contributed by atoms with Crippen molar-refractivity contribution in [3.8, 4) is 11.5 Å². The van der Waals surface area contributed by atoms with E-state index in [1.54, 1.807) is 26.4 Å². The fraction of sp³-hybridized carbons (Fsp3) is 0.562. The molecule has 0 heterocycles. The third-order valence-electron chi connectivity index (χ3n) is 3.39. The van der Waals surface area contributed by atoms with Crippen molar-refractivity contribution >= 4 is 5.91 Å². The van der Waals surface area contributed by atoms with Crippen LogP contribution in [0.15, 0.2) is 12.1 Å². The largest absolute Gasteiger partial charge is 0.496 e. The first-order chi connectivity index (χ1) is 9.92. The maximum absolute atomic E-state index is 12.4. The summed E-state index contributed by atoms with van der Waals surface area (Å²) in [5.74, 6) is 1.57. The molecule has 0 bridgehead atoms. The van der Waals surface area contributed by atoms with Gasteiger partial charge >= 0.3 is 0 Å². The van der Waals surface area contributed by atoms with Crippen LogP contribution in [0.3, 0.4) is 0 Å². The Morgan fingerprint density at radius 1 is 1.24 bits per heavy atom. The van der Waals surface area contributed by atoms with Crippen LogP contribution in [0.4, 0.5) is 0 Å². The van der Waals surface area contributed by atoms with E-state index in [1.165, 1.54) is 0 Å². The molecule has 0 aliphatic carbocycles. The van der Waals surface area contributed by atoms with Gasteiger partial charge in [0.15, 0.2) is 0 Å². The van der Waals surface area contributed by atoms with Gasteiger partial charge in [0.1, 0.15) is 11.5 Å². The van der Waals surface area contributed by atoms with Crippen molar-refractivity contribution in [3.63, 3.8) is 0 Å². The molecule has 0 fully saturated rings. The fourth-order valence-electron chi connectivity index (χ4n) is 2.27. The monoisotopic (exact) mass is 294 g/mol. The summed E-state index contributed by atoms with van der Waals surface area (Å²) >= 11 is 0. The average Bonchev–Trinajstić information content (AvgIpc) is 2.46. The molecule has 0 radical (unpaired) electrons. The molecule has 5 nitrogen and oxygen atoms in total. The second-order valence-corrected chi connectivity index (χ2v) is 5.54. The lowest BCUT2D eigenvalue weighted by atomic mass is 10.0. The Kier molecular flexibility index (Phi) is 6.49. The van der Waals surface area contributed by atoms with Crippen molar-refractivity contribution in [2.24, 2.45) is 11.7 Å². The normalized spacial score (nSPS) is 12.1. The maximum atomic E-state index is 12.4. The van der Waals surface area contributed by atoms with E-state index in [-0.39, 0.29) is 11.9 Å². The summed E-state index contributed by atoms with van der Waals surface area (Å²) in [4.78, 5) is 12.4. The van der Waals surface area contributed by atoms with Gasteiger partial charge in [-0.3, -0.25) is 4.79 Å². The third-order valence-corrected chi connectivity index (χ3v) is 3.39. The Labute approximate surface area is 126 Å². The smallest absolute Gasteiger partial charge is 0.251 e. The van der Waals surface area contributed by atoms with Crippen molar-refractivity contribution < 1.29 is 14.3 Å². The molecule has 1 aromatic carbocycles. The van der Waals surface area contributed by atoms with Crippen LogP contribution in [0.1, 0.15) is 36.2 Å². The minimum absolute atomic E-state index is 0.0317. The van der Waals surface area contributed by atoms with Crippen LogP contribution in [-0.2, 0) is 0 Å². The quantitative estimate of drug-likeness (QED) is 0.808. The van der Waals surface area contributed by atoms with Crippen LogP contribution in [-0.4, -0.2) is 32.7 Å². The van der Waals surface area contributed by atoms with Gasteiger partial charge in [0, 0.05) is 23.7 Å². The molecular formula is C16H26N2O3. The highest BCUT2D eigenvalue weighted by molar-refractivity contribution is 5.95. The summed E-state index contributed by atoms with van der Waals surface area (Å²) < 4.78 is 10.6. The molecule has 5 heteroatoms. The zero-order valence-corrected chi connectivity index (χ0v) is 13.5. The Morgan fingerprint density at radius 2 is 1.76 bits per heavy atom. The minimum Gasteiger partial charge on any atom is -0.496 e. The number of rotatable bonds is 7. The third kappa shape index (κ3) is 4.63. The predicted octanol–water partition coefficient (Wildman–Crippen LogP) is 2.12. The highest BCUT2D eigenvalue weighted by atomic mass is 16.5. The molecule has 0 saturated carbocycles. The standard InChI is InChI=1S/C16H26N2O3/c1-10(2)6-13(9-17)18-16(19)12-7-14(20-4)11(3)15(8-12)21-5/h7-8,10,13H,6,9,17H2,1-5H3,(H,18,19). The van der Waals surface area contributed by atoms with Crippen LogP contribution in [0.2, 0.25) is 0 Å². The summed E-state index contributed by atoms with van der Waals surface area (Å²) in [5.41, 5.74) is 7.10. The Hall–Kier alpha value is -1.75. The highest BCUT2D eigenvalue weighted by Gasteiger charge is 2.17. The summed E-state index contributed by atoms with van der Waals surface area (Å²) in [7, 11) is 3.15. The first kappa shape index (κ1) is 17.3. The van der Waals surface area contributed by atoms with E-state index in [0.717, 1.165) is 12.0 Å². The summed E-state index contributed by atoms with van der Waals surface area (Å²) in [6.07, 6.45) is 0.850. The van der Waals surface area contributed by atoms with Crippen molar-refractivity contribution in [1.82, 2.24) is 5.32 Å². The lowest BCUT2D eigenvalue weighted by Gasteiger charge is -2.19. The van der Waals surface area contributed by atoms with Crippen LogP contribution in [0.25, 0.3) is 0 Å². The van der Waals surface area contributed by atoms with E-state index < -0.39 is 0 Å². The van der Waals surface area contributed by atoms with Crippen LogP contribution >= 0.6 is 0 Å². The number of nitrogens with two attached hydrogens (primary N) is 1. The van der Waals surface area contributed by atoms with Gasteiger partial charge in [0.05, 0.1) is 14.2 Å². The number of carbonyl (C=O) groups is 1. The van der Waals surface area contributed by atoms with Crippen LogP contribution in [0.5, 0.6) is 11.5 Å². The molecule has 3 N–H and O–H groups in total. The van der Waals surface area contributed by atoms with Gasteiger partial charge in [-0.15, -0.1) is 0 Å². The molecule has 1 amide bonds. The summed E-state index contributed by atoms with van der Waals surface area (Å²) in [6, 6.07) is 3.41. The molecule has 1 atom stereocenters. The molecule has 1 rings (SSSR count). The topological polar surface area (TPSA) is 73.6 Å². The molecule has 1 aromatic rings. The number of ether oxygens (including phenoxy) is 2. The first-order valence-corrected chi connectivity index (χ1v) is 7.16. The van der Waals surface area contributed by atoms with Gasteiger partial charge in [-0.05, 0) is 31.4 Å². The van der Waals surface area contributed by atoms with Gasteiger partial charge in [-0.25, -0.2) is 0 Å². The van der Waals surface area contributed by atoms with E-state index in [2.05, 4.69) is 19.2 Å². The highest BCUT2D eigenvalue weighted by Crippen LogP contribution is 2.29. The average molecular weight is 294 g/mol. The maximum Gasteiger partial charge on any atom is 0.251 e. The minimum atomic E-state index is -0.164. The zero-order valence-electron chi connectivity index (χ0n) is 13.5. The second kappa shape index (κ2) is 7.88. The first-order valence-electron chi connectivity index (χ1n) is 7.16. The van der Waals surface area contributed by atoms with E-state index >= 15 is 0 Å². The summed E-state index contributed by atoms with van der Waals surface area (Å²) in [6.45, 7) is 6.52. The van der Waals surface area contributed by atoms with E-state index in [1.807, 2.05) is 6.92 Å². The summed E-state index contributed by atoms with van der Waals surface area (Å²) in [5, 5.41) is 2.96. The Bertz CT molecular complexity index is 461. The number of benzene rings is 1. The number of hydrogen-bond donors (Lipinski definition) is 2. The van der Waals surface area contributed by atoms with E-state index in [4.69, 9.17) is 15.2 Å². The van der Waals surface area contributed by atoms with Crippen molar-refractivity contribution in [2.75, 3.05) is 20.8 Å². The van der Waals surface area contributed by atoms with Crippen LogP contribution < -0.4 is 20.5 Å². The number of methoxy groups -OCH3 is 2. The Morgan fingerprint density at radius 3 is 2.14 bits per heavy atom. The SMILES string of the molecule is COc1cc(C(=O)NC(CN)CC(C)C)cc(OC)c1C. The number of hydrogen-bond acceptors (Lipinski definition) is 4. The lowest BCUT2D eigenvalue weighted by molar-refractivity contribution is 0.0933. The van der Waals surface area contributed by atoms with Crippen LogP contribution in [0, 0.1) is 12.8 Å². The van der Waals surface area contributed by atoms with E-state index in [0.29, 0.717) is 29.5 Å². The molecule has 0 spiro atoms. The predicted molar refractivity (Wildman–Crippen MR) is 84.0 cm³/mol. The molecule has 118 valence electrons. The van der Waals surface area contributed by atoms with Crippen molar-refractivity contribution in [1.29, 1.82) is 0 Å². The number of nitrogens with one attached hydrogen (secondary N) is 1. The van der Waals surface area contributed by atoms with Gasteiger partial charge in [-0.2, -0.15) is 0 Å². The van der Waals surface area contributed by atoms with Gasteiger partial charge < -0.3 is 20.5 Å². The molecule has 0 aliphatic heterocycles. The second-order valence-electron chi connectivity index (χ2n) is 5.54. The molecule has 0 aliphatic rings. The fourth-order valence-corrected chi connectivity index (χ4v) is 2.27. The molecule has 0 saturated heterocycles. The van der Waals surface area contributed by atoms with Gasteiger partial charge in [0.25, 0.3) is 5.91 Å². The molecular weight excluding hydrogens is 268 g/mol. The molecule has 1 unspecified atom stereocenters. The van der Waals surface area contributed by atoms with Crippen molar-refractivity contribution in [2.45, 2.75) is 33.2 Å².